The molecule has 1 fully saturated rings. The molecule has 27 heavy (non-hydrogen) atoms. The molecule has 0 radical (unpaired) electrons. The zero-order valence-corrected chi connectivity index (χ0v) is 16.9. The molecule has 0 amide bonds. The van der Waals surface area contributed by atoms with E-state index in [1.54, 1.807) is 18.4 Å². The lowest BCUT2D eigenvalue weighted by Gasteiger charge is -2.34. The van der Waals surface area contributed by atoms with E-state index >= 15 is 0 Å². The van der Waals surface area contributed by atoms with Crippen molar-refractivity contribution in [3.05, 3.63) is 52.1 Å². The van der Waals surface area contributed by atoms with E-state index in [4.69, 9.17) is 17.0 Å². The number of rotatable bonds is 6. The van der Waals surface area contributed by atoms with Crippen molar-refractivity contribution in [1.29, 1.82) is 0 Å². The van der Waals surface area contributed by atoms with Gasteiger partial charge in [0.1, 0.15) is 5.75 Å². The smallest absolute Gasteiger partial charge is 0.217 e. The lowest BCUT2D eigenvalue weighted by atomic mass is 10.2. The number of aromatic amines is 1. The van der Waals surface area contributed by atoms with Crippen LogP contribution in [-0.2, 0) is 13.2 Å². The summed E-state index contributed by atoms with van der Waals surface area (Å²) >= 11 is 7.09. The Labute approximate surface area is 168 Å². The molecule has 0 saturated carbocycles. The number of benzene rings is 1. The highest BCUT2D eigenvalue weighted by molar-refractivity contribution is 7.71. The lowest BCUT2D eigenvalue weighted by Crippen LogP contribution is -2.46. The molecule has 0 bridgehead atoms. The Morgan fingerprint density at radius 3 is 2.52 bits per heavy atom. The number of aromatic nitrogens is 3. The van der Waals surface area contributed by atoms with Gasteiger partial charge in [0, 0.05) is 32.7 Å². The lowest BCUT2D eigenvalue weighted by molar-refractivity contribution is 0.0982. The Morgan fingerprint density at radius 2 is 1.85 bits per heavy atom. The first-order valence-corrected chi connectivity index (χ1v) is 10.3. The normalized spacial score (nSPS) is 15.9. The van der Waals surface area contributed by atoms with Gasteiger partial charge in [0.15, 0.2) is 5.82 Å². The largest absolute Gasteiger partial charge is 0.497 e. The topological polar surface area (TPSA) is 49.3 Å². The molecule has 0 spiro atoms. The molecule has 6 nitrogen and oxygen atoms in total. The average Bonchev–Trinajstić information content (AvgIpc) is 3.34. The quantitative estimate of drug-likeness (QED) is 0.641. The van der Waals surface area contributed by atoms with Crippen LogP contribution in [0.1, 0.15) is 5.56 Å². The van der Waals surface area contributed by atoms with Crippen molar-refractivity contribution < 1.29 is 4.74 Å². The fourth-order valence-electron chi connectivity index (χ4n) is 3.25. The third-order valence-electron chi connectivity index (χ3n) is 4.81. The molecule has 0 aliphatic carbocycles. The second-order valence-corrected chi connectivity index (χ2v) is 7.96. The van der Waals surface area contributed by atoms with Crippen LogP contribution in [0.3, 0.4) is 0 Å². The highest BCUT2D eigenvalue weighted by Crippen LogP contribution is 2.21. The minimum absolute atomic E-state index is 0.610. The third kappa shape index (κ3) is 4.47. The molecule has 1 saturated heterocycles. The van der Waals surface area contributed by atoms with E-state index in [2.05, 4.69) is 38.1 Å². The summed E-state index contributed by atoms with van der Waals surface area (Å²) in [6.07, 6.45) is 0. The Balaban J connectivity index is 1.31. The molecule has 2 aromatic heterocycles. The summed E-state index contributed by atoms with van der Waals surface area (Å²) in [6, 6.07) is 12.4. The van der Waals surface area contributed by atoms with E-state index in [9.17, 15) is 0 Å². The second-order valence-electron chi connectivity index (χ2n) is 6.64. The van der Waals surface area contributed by atoms with Gasteiger partial charge >= 0.3 is 0 Å². The molecule has 1 N–H and O–H groups in total. The van der Waals surface area contributed by atoms with Gasteiger partial charge in [-0.1, -0.05) is 18.2 Å². The molecule has 1 aliphatic heterocycles. The van der Waals surface area contributed by atoms with Gasteiger partial charge in [0.05, 0.1) is 18.7 Å². The molecule has 3 heterocycles. The van der Waals surface area contributed by atoms with Crippen LogP contribution in [0.15, 0.2) is 41.8 Å². The number of nitrogens with zero attached hydrogens (tertiary/aromatic N) is 4. The number of ether oxygens (including phenoxy) is 1. The van der Waals surface area contributed by atoms with Crippen molar-refractivity contribution in [1.82, 2.24) is 24.6 Å². The van der Waals surface area contributed by atoms with Gasteiger partial charge < -0.3 is 4.74 Å². The van der Waals surface area contributed by atoms with E-state index in [1.165, 1.54) is 5.56 Å². The van der Waals surface area contributed by atoms with Crippen molar-refractivity contribution in [3.8, 4) is 16.5 Å². The molecule has 4 rings (SSSR count). The fraction of sp³-hybridized carbons (Fsp3) is 0.368. The van der Waals surface area contributed by atoms with Gasteiger partial charge in [-0.2, -0.15) is 4.98 Å². The van der Waals surface area contributed by atoms with Crippen LogP contribution in [0.25, 0.3) is 10.7 Å². The van der Waals surface area contributed by atoms with Gasteiger partial charge in [-0.3, -0.25) is 14.9 Å². The first kappa shape index (κ1) is 18.4. The van der Waals surface area contributed by atoms with Gasteiger partial charge in [-0.05, 0) is 41.4 Å². The van der Waals surface area contributed by atoms with E-state index in [1.807, 2.05) is 28.3 Å². The molecule has 0 atom stereocenters. The molecule has 8 heteroatoms. The zero-order chi connectivity index (χ0) is 18.6. The molecule has 1 aliphatic rings. The van der Waals surface area contributed by atoms with Gasteiger partial charge in [-0.15, -0.1) is 11.3 Å². The van der Waals surface area contributed by atoms with Crippen molar-refractivity contribution in [2.24, 2.45) is 0 Å². The van der Waals surface area contributed by atoms with Crippen LogP contribution >= 0.6 is 23.6 Å². The monoisotopic (exact) mass is 401 g/mol. The van der Waals surface area contributed by atoms with E-state index in [0.29, 0.717) is 4.77 Å². The van der Waals surface area contributed by atoms with E-state index in [-0.39, 0.29) is 0 Å². The summed E-state index contributed by atoms with van der Waals surface area (Å²) in [5, 5.41) is 5.39. The number of methoxy groups -OCH3 is 1. The maximum atomic E-state index is 5.42. The summed E-state index contributed by atoms with van der Waals surface area (Å²) < 4.78 is 7.80. The van der Waals surface area contributed by atoms with Crippen molar-refractivity contribution in [2.75, 3.05) is 33.3 Å². The Kier molecular flexibility index (Phi) is 5.68. The van der Waals surface area contributed by atoms with Gasteiger partial charge in [0.2, 0.25) is 4.77 Å². The highest BCUT2D eigenvalue weighted by atomic mass is 32.1. The van der Waals surface area contributed by atoms with E-state index in [0.717, 1.165) is 55.8 Å². The third-order valence-corrected chi connectivity index (χ3v) is 5.99. The molecule has 1 aromatic carbocycles. The zero-order valence-electron chi connectivity index (χ0n) is 15.3. The minimum Gasteiger partial charge on any atom is -0.497 e. The molecular formula is C19H23N5OS2. The molecule has 142 valence electrons. The Morgan fingerprint density at radius 1 is 1.11 bits per heavy atom. The predicted molar refractivity (Wildman–Crippen MR) is 111 cm³/mol. The van der Waals surface area contributed by atoms with Crippen LogP contribution in [0, 0.1) is 4.77 Å². The maximum absolute atomic E-state index is 5.42. The predicted octanol–water partition coefficient (Wildman–Crippen LogP) is 3.45. The molecule has 0 unspecified atom stereocenters. The molecule has 3 aromatic rings. The van der Waals surface area contributed by atoms with Crippen molar-refractivity contribution >= 4 is 23.6 Å². The van der Waals surface area contributed by atoms with Gasteiger partial charge in [0.25, 0.3) is 0 Å². The standard InChI is InChI=1S/C19H23N5OS2/c1-25-16-6-4-15(5-7-16)13-22-8-10-23(11-9-22)14-24-19(26)20-18(21-24)17-3-2-12-27-17/h2-7,12H,8-11,13-14H2,1H3,(H,20,21,26). The van der Waals surface area contributed by atoms with Crippen LogP contribution in [-0.4, -0.2) is 57.9 Å². The summed E-state index contributed by atoms with van der Waals surface area (Å²) in [6.45, 7) is 5.87. The summed E-state index contributed by atoms with van der Waals surface area (Å²) in [7, 11) is 1.70. The van der Waals surface area contributed by atoms with Crippen molar-refractivity contribution in [2.45, 2.75) is 13.2 Å². The fourth-order valence-corrected chi connectivity index (χ4v) is 4.11. The Bertz CT molecular complexity index is 908. The number of hydrogen-bond donors (Lipinski definition) is 1. The number of thiophene rings is 1. The highest BCUT2D eigenvalue weighted by Gasteiger charge is 2.18. The van der Waals surface area contributed by atoms with Crippen LogP contribution < -0.4 is 4.74 Å². The molecular weight excluding hydrogens is 378 g/mol. The van der Waals surface area contributed by atoms with Crippen LogP contribution in [0.4, 0.5) is 0 Å². The number of H-pyrrole nitrogens is 1. The first-order valence-electron chi connectivity index (χ1n) is 8.99. The van der Waals surface area contributed by atoms with E-state index < -0.39 is 0 Å². The maximum Gasteiger partial charge on any atom is 0.217 e. The Hall–Kier alpha value is -2.00. The SMILES string of the molecule is COc1ccc(CN2CCN(Cn3[nH]c(-c4cccs4)nc3=S)CC2)cc1. The first-order chi connectivity index (χ1) is 13.2. The van der Waals surface area contributed by atoms with Crippen molar-refractivity contribution in [3.63, 3.8) is 0 Å². The van der Waals surface area contributed by atoms with Gasteiger partial charge in [-0.25, -0.2) is 4.68 Å². The number of hydrogen-bond acceptors (Lipinski definition) is 6. The summed E-state index contributed by atoms with van der Waals surface area (Å²) in [4.78, 5) is 10.5. The average molecular weight is 402 g/mol. The number of piperazine rings is 1. The minimum atomic E-state index is 0.610. The summed E-state index contributed by atoms with van der Waals surface area (Å²) in [5.74, 6) is 1.76. The van der Waals surface area contributed by atoms with Crippen LogP contribution in [0.2, 0.25) is 0 Å². The summed E-state index contributed by atoms with van der Waals surface area (Å²) in [5.41, 5.74) is 1.32. The van der Waals surface area contributed by atoms with Crippen LogP contribution in [0.5, 0.6) is 5.75 Å². The number of nitrogens with one attached hydrogen (secondary N) is 1. The second kappa shape index (κ2) is 8.35.